The SMILES string of the molecule is O=C(COC(=O)/C=C/C(=O)OCC(=O)NCC(F)(F)F)NCC(F)(F)F. The van der Waals surface area contributed by atoms with E-state index >= 15 is 0 Å². The zero-order valence-corrected chi connectivity index (χ0v) is 12.7. The summed E-state index contributed by atoms with van der Waals surface area (Å²) in [5, 5.41) is 2.83. The number of halogens is 6. The summed E-state index contributed by atoms with van der Waals surface area (Å²) in [5.74, 6) is -5.06. The second-order valence-corrected chi connectivity index (χ2v) is 4.33. The Hall–Kier alpha value is -2.80. The summed E-state index contributed by atoms with van der Waals surface area (Å²) >= 11 is 0. The van der Waals surface area contributed by atoms with Gasteiger partial charge in [-0.3, -0.25) is 9.59 Å². The van der Waals surface area contributed by atoms with Gasteiger partial charge in [0.25, 0.3) is 11.8 Å². The lowest BCUT2D eigenvalue weighted by atomic mass is 10.5. The summed E-state index contributed by atoms with van der Waals surface area (Å²) in [6.07, 6.45) is -8.41. The van der Waals surface area contributed by atoms with Crippen LogP contribution in [0.3, 0.4) is 0 Å². The van der Waals surface area contributed by atoms with Gasteiger partial charge in [-0.1, -0.05) is 0 Å². The number of esters is 2. The number of ether oxygens (including phenoxy) is 2. The topological polar surface area (TPSA) is 111 Å². The minimum Gasteiger partial charge on any atom is -0.452 e. The molecule has 148 valence electrons. The highest BCUT2D eigenvalue weighted by molar-refractivity contribution is 5.93. The van der Waals surface area contributed by atoms with Gasteiger partial charge in [0.1, 0.15) is 13.1 Å². The summed E-state index contributed by atoms with van der Waals surface area (Å²) in [4.78, 5) is 44.0. The van der Waals surface area contributed by atoms with Gasteiger partial charge in [0.2, 0.25) is 0 Å². The van der Waals surface area contributed by atoms with Crippen LogP contribution in [0.4, 0.5) is 26.3 Å². The number of carbonyl (C=O) groups is 4. The molecule has 0 saturated carbocycles. The first-order valence-corrected chi connectivity index (χ1v) is 6.47. The van der Waals surface area contributed by atoms with Crippen LogP contribution in [0.25, 0.3) is 0 Å². The fourth-order valence-corrected chi connectivity index (χ4v) is 1.01. The summed E-state index contributed by atoms with van der Waals surface area (Å²) in [5.41, 5.74) is 0. The molecule has 0 aromatic rings. The van der Waals surface area contributed by atoms with Gasteiger partial charge in [-0.05, 0) is 0 Å². The van der Waals surface area contributed by atoms with Crippen molar-refractivity contribution in [2.45, 2.75) is 12.4 Å². The van der Waals surface area contributed by atoms with Crippen LogP contribution in [0.2, 0.25) is 0 Å². The first kappa shape index (κ1) is 23.2. The van der Waals surface area contributed by atoms with Crippen LogP contribution in [-0.4, -0.2) is 62.4 Å². The maximum absolute atomic E-state index is 11.8. The van der Waals surface area contributed by atoms with Gasteiger partial charge in [0, 0.05) is 12.2 Å². The quantitative estimate of drug-likeness (QED) is 0.340. The monoisotopic (exact) mass is 394 g/mol. The number of hydrogen-bond donors (Lipinski definition) is 2. The van der Waals surface area contributed by atoms with E-state index in [2.05, 4.69) is 9.47 Å². The molecule has 2 amide bonds. The Balaban J connectivity index is 4.03. The molecule has 26 heavy (non-hydrogen) atoms. The molecular weight excluding hydrogens is 382 g/mol. The van der Waals surface area contributed by atoms with Crippen LogP contribution >= 0.6 is 0 Å². The molecule has 0 unspecified atom stereocenters. The van der Waals surface area contributed by atoms with Crippen LogP contribution in [-0.2, 0) is 28.7 Å². The van der Waals surface area contributed by atoms with Crippen molar-refractivity contribution in [2.24, 2.45) is 0 Å². The Bertz CT molecular complexity index is 509. The van der Waals surface area contributed by atoms with Crippen LogP contribution in [0.1, 0.15) is 0 Å². The third kappa shape index (κ3) is 14.8. The van der Waals surface area contributed by atoms with Crippen LogP contribution < -0.4 is 10.6 Å². The summed E-state index contributed by atoms with van der Waals surface area (Å²) in [6, 6.07) is 0. The minimum atomic E-state index is -4.64. The van der Waals surface area contributed by atoms with Crippen LogP contribution in [0.15, 0.2) is 12.2 Å². The van der Waals surface area contributed by atoms with E-state index in [1.807, 2.05) is 0 Å². The number of rotatable bonds is 8. The molecular formula is C12H12F6N2O6. The van der Waals surface area contributed by atoms with E-state index in [0.29, 0.717) is 12.2 Å². The van der Waals surface area contributed by atoms with Crippen molar-refractivity contribution >= 4 is 23.8 Å². The molecule has 8 nitrogen and oxygen atoms in total. The normalized spacial score (nSPS) is 11.8. The van der Waals surface area contributed by atoms with Crippen LogP contribution in [0.5, 0.6) is 0 Å². The van der Waals surface area contributed by atoms with Crippen molar-refractivity contribution in [1.29, 1.82) is 0 Å². The Kier molecular flexibility index (Phi) is 9.15. The number of nitrogens with one attached hydrogen (secondary N) is 2. The molecule has 0 fully saturated rings. The first-order valence-electron chi connectivity index (χ1n) is 6.47. The van der Waals surface area contributed by atoms with Gasteiger partial charge in [-0.2, -0.15) is 26.3 Å². The number of carbonyl (C=O) groups excluding carboxylic acids is 4. The zero-order chi connectivity index (χ0) is 20.4. The lowest BCUT2D eigenvalue weighted by molar-refractivity contribution is -0.149. The fraction of sp³-hybridized carbons (Fsp3) is 0.500. The highest BCUT2D eigenvalue weighted by atomic mass is 19.4. The predicted octanol–water partition coefficient (Wildman–Crippen LogP) is -0.0140. The third-order valence-corrected chi connectivity index (χ3v) is 2.02. The average molecular weight is 394 g/mol. The average Bonchev–Trinajstić information content (AvgIpc) is 2.50. The standard InChI is InChI=1S/C12H12F6N2O6/c13-11(14,15)5-19-7(21)3-25-9(23)1-2-10(24)26-4-8(22)20-6-12(16,17)18/h1-2H,3-6H2,(H,19,21)(H,20,22)/b2-1+. The molecule has 14 heteroatoms. The molecule has 0 saturated heterocycles. The molecule has 0 aliphatic rings. The number of amides is 2. The number of alkyl halides is 6. The maximum Gasteiger partial charge on any atom is 0.405 e. The molecule has 0 bridgehead atoms. The van der Waals surface area contributed by atoms with E-state index in [1.165, 1.54) is 10.6 Å². The Labute approximate surface area is 141 Å². The van der Waals surface area contributed by atoms with Gasteiger partial charge in [-0.15, -0.1) is 0 Å². The second-order valence-electron chi connectivity index (χ2n) is 4.33. The third-order valence-electron chi connectivity index (χ3n) is 2.02. The van der Waals surface area contributed by atoms with E-state index in [-0.39, 0.29) is 0 Å². The van der Waals surface area contributed by atoms with Crippen molar-refractivity contribution in [3.05, 3.63) is 12.2 Å². The highest BCUT2D eigenvalue weighted by Gasteiger charge is 2.28. The Morgan fingerprint density at radius 2 is 1.00 bits per heavy atom. The van der Waals surface area contributed by atoms with Crippen molar-refractivity contribution < 1.29 is 55.0 Å². The summed E-state index contributed by atoms with van der Waals surface area (Å²) in [6.45, 7) is -5.34. The molecule has 2 N–H and O–H groups in total. The van der Waals surface area contributed by atoms with Crippen molar-refractivity contribution in [3.8, 4) is 0 Å². The van der Waals surface area contributed by atoms with Gasteiger partial charge in [0.05, 0.1) is 0 Å². The lowest BCUT2D eigenvalue weighted by Gasteiger charge is -2.08. The van der Waals surface area contributed by atoms with Crippen molar-refractivity contribution in [1.82, 2.24) is 10.6 Å². The summed E-state index contributed by atoms with van der Waals surface area (Å²) in [7, 11) is 0. The van der Waals surface area contributed by atoms with E-state index in [9.17, 15) is 45.5 Å². The Morgan fingerprint density at radius 1 is 0.692 bits per heavy atom. The smallest absolute Gasteiger partial charge is 0.405 e. The molecule has 0 atom stereocenters. The fourth-order valence-electron chi connectivity index (χ4n) is 1.01. The minimum absolute atomic E-state index is 0.437. The molecule has 0 aromatic carbocycles. The van der Waals surface area contributed by atoms with E-state index < -0.39 is 62.4 Å². The molecule has 0 aliphatic heterocycles. The van der Waals surface area contributed by atoms with E-state index in [1.54, 1.807) is 0 Å². The zero-order valence-electron chi connectivity index (χ0n) is 12.7. The van der Waals surface area contributed by atoms with Gasteiger partial charge in [0.15, 0.2) is 13.2 Å². The number of hydrogen-bond acceptors (Lipinski definition) is 6. The lowest BCUT2D eigenvalue weighted by Crippen LogP contribution is -2.36. The predicted molar refractivity (Wildman–Crippen MR) is 69.2 cm³/mol. The first-order chi connectivity index (χ1) is 11.8. The Morgan fingerprint density at radius 3 is 1.27 bits per heavy atom. The van der Waals surface area contributed by atoms with Crippen molar-refractivity contribution in [3.63, 3.8) is 0 Å². The van der Waals surface area contributed by atoms with Gasteiger partial charge < -0.3 is 20.1 Å². The van der Waals surface area contributed by atoms with E-state index in [0.717, 1.165) is 0 Å². The van der Waals surface area contributed by atoms with Gasteiger partial charge in [-0.25, -0.2) is 9.59 Å². The maximum atomic E-state index is 11.8. The van der Waals surface area contributed by atoms with E-state index in [4.69, 9.17) is 0 Å². The molecule has 0 rings (SSSR count). The largest absolute Gasteiger partial charge is 0.452 e. The van der Waals surface area contributed by atoms with Gasteiger partial charge >= 0.3 is 24.3 Å². The highest BCUT2D eigenvalue weighted by Crippen LogP contribution is 2.12. The van der Waals surface area contributed by atoms with Crippen molar-refractivity contribution in [2.75, 3.05) is 26.3 Å². The molecule has 0 aromatic heterocycles. The molecule has 0 radical (unpaired) electrons. The molecule has 0 spiro atoms. The second kappa shape index (κ2) is 10.2. The summed E-state index contributed by atoms with van der Waals surface area (Å²) < 4.78 is 79.2. The molecule has 0 aliphatic carbocycles. The molecule has 0 heterocycles. The van der Waals surface area contributed by atoms with Crippen LogP contribution in [0, 0.1) is 0 Å².